The summed E-state index contributed by atoms with van der Waals surface area (Å²) in [5.41, 5.74) is 0.536. The molecule has 0 amide bonds. The Labute approximate surface area is 64.2 Å². The molecule has 1 nitrogen and oxygen atoms in total. The predicted molar refractivity (Wildman–Crippen MR) is 45.2 cm³/mol. The zero-order chi connectivity index (χ0) is 7.45. The Bertz CT molecular complexity index is 92.9. The lowest BCUT2D eigenvalue weighted by atomic mass is 9.89. The molecule has 60 valence electrons. The first-order valence-corrected chi connectivity index (χ1v) is 4.58. The molecular formula is C9H19N. The molecule has 10 heavy (non-hydrogen) atoms. The summed E-state index contributed by atoms with van der Waals surface area (Å²) < 4.78 is 0. The number of hydrogen-bond donors (Lipinski definition) is 1. The molecule has 1 unspecified atom stereocenters. The highest BCUT2D eigenvalue weighted by molar-refractivity contribution is 4.90. The van der Waals surface area contributed by atoms with E-state index in [-0.39, 0.29) is 0 Å². The van der Waals surface area contributed by atoms with Crippen molar-refractivity contribution in [2.75, 3.05) is 6.54 Å². The molecule has 1 heterocycles. The molecule has 0 aromatic heterocycles. The maximum Gasteiger partial charge on any atom is 0.0179 e. The van der Waals surface area contributed by atoms with Crippen LogP contribution in [0.2, 0.25) is 0 Å². The summed E-state index contributed by atoms with van der Waals surface area (Å²) in [6.07, 6.45) is 6.77. The first-order valence-electron chi connectivity index (χ1n) is 4.58. The first-order chi connectivity index (χ1) is 4.83. The average molecular weight is 141 g/mol. The van der Waals surface area contributed by atoms with Gasteiger partial charge >= 0.3 is 0 Å². The molecule has 0 bridgehead atoms. The van der Waals surface area contributed by atoms with Crippen LogP contribution in [0.25, 0.3) is 0 Å². The lowest BCUT2D eigenvalue weighted by molar-refractivity contribution is 0.333. The lowest BCUT2D eigenvalue weighted by Crippen LogP contribution is -2.38. The minimum Gasteiger partial charge on any atom is -0.311 e. The van der Waals surface area contributed by atoms with Crippen LogP contribution >= 0.6 is 0 Å². The van der Waals surface area contributed by atoms with E-state index >= 15 is 0 Å². The van der Waals surface area contributed by atoms with Gasteiger partial charge < -0.3 is 5.32 Å². The van der Waals surface area contributed by atoms with Gasteiger partial charge in [-0.1, -0.05) is 20.3 Å². The second-order valence-corrected chi connectivity index (χ2v) is 3.41. The number of rotatable bonds is 3. The van der Waals surface area contributed by atoms with Crippen molar-refractivity contribution in [1.82, 2.24) is 5.32 Å². The topological polar surface area (TPSA) is 12.0 Å². The van der Waals surface area contributed by atoms with Crippen molar-refractivity contribution < 1.29 is 0 Å². The van der Waals surface area contributed by atoms with E-state index in [0.29, 0.717) is 5.54 Å². The van der Waals surface area contributed by atoms with Crippen LogP contribution in [0.15, 0.2) is 0 Å². The number of hydrogen-bond acceptors (Lipinski definition) is 1. The molecule has 1 aliphatic rings. The van der Waals surface area contributed by atoms with Gasteiger partial charge in [0.2, 0.25) is 0 Å². The van der Waals surface area contributed by atoms with Crippen molar-refractivity contribution in [3.63, 3.8) is 0 Å². The minimum atomic E-state index is 0.536. The van der Waals surface area contributed by atoms with Crippen molar-refractivity contribution in [1.29, 1.82) is 0 Å². The summed E-state index contributed by atoms with van der Waals surface area (Å²) >= 11 is 0. The maximum atomic E-state index is 3.62. The van der Waals surface area contributed by atoms with E-state index in [1.165, 1.54) is 38.6 Å². The highest BCUT2D eigenvalue weighted by Crippen LogP contribution is 2.27. The Balaban J connectivity index is 2.41. The van der Waals surface area contributed by atoms with Crippen LogP contribution in [-0.2, 0) is 0 Å². The van der Waals surface area contributed by atoms with Crippen molar-refractivity contribution >= 4 is 0 Å². The van der Waals surface area contributed by atoms with Gasteiger partial charge in [-0.05, 0) is 32.2 Å². The minimum absolute atomic E-state index is 0.536. The third-order valence-corrected chi connectivity index (χ3v) is 2.74. The van der Waals surface area contributed by atoms with E-state index in [1.807, 2.05) is 0 Å². The molecule has 1 rings (SSSR count). The zero-order valence-electron chi connectivity index (χ0n) is 7.24. The number of nitrogens with one attached hydrogen (secondary N) is 1. The Morgan fingerprint density at radius 2 is 2.20 bits per heavy atom. The van der Waals surface area contributed by atoms with Gasteiger partial charge in [-0.25, -0.2) is 0 Å². The second-order valence-electron chi connectivity index (χ2n) is 3.41. The summed E-state index contributed by atoms with van der Waals surface area (Å²) in [5.74, 6) is 0. The quantitative estimate of drug-likeness (QED) is 0.636. The van der Waals surface area contributed by atoms with E-state index in [2.05, 4.69) is 19.2 Å². The molecule has 0 radical (unpaired) electrons. The Hall–Kier alpha value is -0.0400. The van der Waals surface area contributed by atoms with Gasteiger partial charge in [0.05, 0.1) is 0 Å². The van der Waals surface area contributed by atoms with Gasteiger partial charge in [0.1, 0.15) is 0 Å². The fourth-order valence-corrected chi connectivity index (χ4v) is 2.04. The second kappa shape index (κ2) is 3.38. The molecule has 0 aromatic carbocycles. The Kier molecular flexibility index (Phi) is 2.72. The highest BCUT2D eigenvalue weighted by atomic mass is 15.0. The van der Waals surface area contributed by atoms with E-state index in [1.54, 1.807) is 0 Å². The van der Waals surface area contributed by atoms with Crippen molar-refractivity contribution in [2.24, 2.45) is 0 Å². The van der Waals surface area contributed by atoms with Crippen molar-refractivity contribution in [2.45, 2.75) is 51.5 Å². The maximum absolute atomic E-state index is 3.62. The molecule has 1 saturated heterocycles. The van der Waals surface area contributed by atoms with Gasteiger partial charge in [-0.15, -0.1) is 0 Å². The van der Waals surface area contributed by atoms with Crippen LogP contribution in [0.3, 0.4) is 0 Å². The first kappa shape index (κ1) is 8.06. The summed E-state index contributed by atoms with van der Waals surface area (Å²) in [4.78, 5) is 0. The molecule has 1 N–H and O–H groups in total. The van der Waals surface area contributed by atoms with Crippen LogP contribution < -0.4 is 5.32 Å². The van der Waals surface area contributed by atoms with Gasteiger partial charge in [-0.3, -0.25) is 0 Å². The van der Waals surface area contributed by atoms with E-state index in [0.717, 1.165) is 0 Å². The zero-order valence-corrected chi connectivity index (χ0v) is 7.24. The molecule has 1 atom stereocenters. The molecule has 1 fully saturated rings. The normalized spacial score (nSPS) is 33.0. The summed E-state index contributed by atoms with van der Waals surface area (Å²) in [6.45, 7) is 5.82. The van der Waals surface area contributed by atoms with Gasteiger partial charge in [0.25, 0.3) is 0 Å². The highest BCUT2D eigenvalue weighted by Gasteiger charge is 2.29. The van der Waals surface area contributed by atoms with Gasteiger partial charge in [0.15, 0.2) is 0 Å². The van der Waals surface area contributed by atoms with Gasteiger partial charge in [0, 0.05) is 5.54 Å². The average Bonchev–Trinajstić information content (AvgIpc) is 2.39. The van der Waals surface area contributed by atoms with Crippen molar-refractivity contribution in [3.8, 4) is 0 Å². The lowest BCUT2D eigenvalue weighted by Gasteiger charge is -2.27. The Morgan fingerprint density at radius 3 is 2.60 bits per heavy atom. The third kappa shape index (κ3) is 1.51. The predicted octanol–water partition coefficient (Wildman–Crippen LogP) is 2.32. The van der Waals surface area contributed by atoms with E-state index in [4.69, 9.17) is 0 Å². The SMILES string of the molecule is CCCC1(CC)CCCN1. The smallest absolute Gasteiger partial charge is 0.0179 e. The van der Waals surface area contributed by atoms with E-state index < -0.39 is 0 Å². The van der Waals surface area contributed by atoms with E-state index in [9.17, 15) is 0 Å². The van der Waals surface area contributed by atoms with Gasteiger partial charge in [-0.2, -0.15) is 0 Å². The largest absolute Gasteiger partial charge is 0.311 e. The van der Waals surface area contributed by atoms with Crippen LogP contribution in [0.4, 0.5) is 0 Å². The fraction of sp³-hybridized carbons (Fsp3) is 1.00. The van der Waals surface area contributed by atoms with Crippen LogP contribution in [0.1, 0.15) is 46.0 Å². The summed E-state index contributed by atoms with van der Waals surface area (Å²) in [5, 5.41) is 3.62. The van der Waals surface area contributed by atoms with Crippen LogP contribution in [-0.4, -0.2) is 12.1 Å². The molecule has 1 heteroatoms. The monoisotopic (exact) mass is 141 g/mol. The summed E-state index contributed by atoms with van der Waals surface area (Å²) in [6, 6.07) is 0. The van der Waals surface area contributed by atoms with Crippen LogP contribution in [0, 0.1) is 0 Å². The summed E-state index contributed by atoms with van der Waals surface area (Å²) in [7, 11) is 0. The molecule has 0 saturated carbocycles. The molecule has 0 aromatic rings. The molecule has 1 aliphatic heterocycles. The van der Waals surface area contributed by atoms with Crippen molar-refractivity contribution in [3.05, 3.63) is 0 Å². The Morgan fingerprint density at radius 1 is 1.40 bits per heavy atom. The standard InChI is InChI=1S/C9H19N/c1-3-6-9(4-2)7-5-8-10-9/h10H,3-8H2,1-2H3. The fourth-order valence-electron chi connectivity index (χ4n) is 2.04. The third-order valence-electron chi connectivity index (χ3n) is 2.74. The molecule has 0 aliphatic carbocycles. The molecular weight excluding hydrogens is 122 g/mol. The molecule has 0 spiro atoms. The van der Waals surface area contributed by atoms with Crippen LogP contribution in [0.5, 0.6) is 0 Å².